The Hall–Kier alpha value is -2.21. The standard InChI is InChI=1S/C14H10ClF2N3O/c1-21-10-4-2-3-9(7-10)11-8-12(14(15,16)17)20-13(19-11)5-6-18-20/h2-8H,1H3. The Morgan fingerprint density at radius 2 is 2.05 bits per heavy atom. The molecule has 0 fully saturated rings. The van der Waals surface area contributed by atoms with Gasteiger partial charge in [0.05, 0.1) is 19.0 Å². The predicted molar refractivity (Wildman–Crippen MR) is 74.7 cm³/mol. The van der Waals surface area contributed by atoms with E-state index in [2.05, 4.69) is 10.1 Å². The first-order chi connectivity index (χ1) is 9.99. The minimum absolute atomic E-state index is 0.297. The Bertz CT molecular complexity index is 798. The van der Waals surface area contributed by atoms with Crippen LogP contribution in [0.4, 0.5) is 8.78 Å². The highest BCUT2D eigenvalue weighted by atomic mass is 35.5. The maximum absolute atomic E-state index is 13.6. The van der Waals surface area contributed by atoms with Gasteiger partial charge in [0.15, 0.2) is 5.65 Å². The van der Waals surface area contributed by atoms with Crippen LogP contribution in [-0.2, 0) is 5.38 Å². The lowest BCUT2D eigenvalue weighted by molar-refractivity contribution is 0.0873. The summed E-state index contributed by atoms with van der Waals surface area (Å²) in [4.78, 5) is 4.31. The van der Waals surface area contributed by atoms with E-state index in [-0.39, 0.29) is 0 Å². The number of benzene rings is 1. The van der Waals surface area contributed by atoms with Crippen LogP contribution in [0.5, 0.6) is 5.75 Å². The third-order valence-electron chi connectivity index (χ3n) is 3.02. The van der Waals surface area contributed by atoms with Crippen molar-refractivity contribution in [2.75, 3.05) is 7.11 Å². The number of alkyl halides is 3. The minimum Gasteiger partial charge on any atom is -0.497 e. The van der Waals surface area contributed by atoms with E-state index in [1.165, 1.54) is 25.4 Å². The van der Waals surface area contributed by atoms with E-state index in [9.17, 15) is 8.78 Å². The molecule has 0 aliphatic carbocycles. The van der Waals surface area contributed by atoms with E-state index in [1.54, 1.807) is 24.3 Å². The quantitative estimate of drug-likeness (QED) is 0.693. The molecule has 0 aliphatic rings. The molecule has 0 saturated heterocycles. The Kier molecular flexibility index (Phi) is 3.25. The van der Waals surface area contributed by atoms with Gasteiger partial charge in [0.1, 0.15) is 11.4 Å². The molecule has 0 bridgehead atoms. The average Bonchev–Trinajstić information content (AvgIpc) is 2.93. The summed E-state index contributed by atoms with van der Waals surface area (Å²) in [7, 11) is 1.53. The number of aromatic nitrogens is 3. The average molecular weight is 310 g/mol. The summed E-state index contributed by atoms with van der Waals surface area (Å²) in [5, 5.41) is 0.278. The molecule has 108 valence electrons. The molecule has 0 amide bonds. The van der Waals surface area contributed by atoms with Crippen LogP contribution < -0.4 is 4.74 Å². The fourth-order valence-corrected chi connectivity index (χ4v) is 2.18. The van der Waals surface area contributed by atoms with Crippen LogP contribution in [-0.4, -0.2) is 21.7 Å². The topological polar surface area (TPSA) is 39.4 Å². The number of hydrogen-bond acceptors (Lipinski definition) is 3. The minimum atomic E-state index is -3.54. The van der Waals surface area contributed by atoms with E-state index in [0.717, 1.165) is 4.52 Å². The summed E-state index contributed by atoms with van der Waals surface area (Å²) in [5.74, 6) is 0.613. The van der Waals surface area contributed by atoms with Gasteiger partial charge in [-0.2, -0.15) is 13.9 Å². The molecule has 0 unspecified atom stereocenters. The summed E-state index contributed by atoms with van der Waals surface area (Å²) in [5.41, 5.74) is 0.889. The van der Waals surface area contributed by atoms with Gasteiger partial charge in [-0.3, -0.25) is 0 Å². The van der Waals surface area contributed by atoms with E-state index >= 15 is 0 Å². The first kappa shape index (κ1) is 13.8. The van der Waals surface area contributed by atoms with Crippen LogP contribution in [0, 0.1) is 0 Å². The van der Waals surface area contributed by atoms with Gasteiger partial charge in [0.2, 0.25) is 0 Å². The van der Waals surface area contributed by atoms with Crippen molar-refractivity contribution in [3.05, 3.63) is 48.3 Å². The number of rotatable bonds is 3. The molecule has 7 heteroatoms. The highest BCUT2D eigenvalue weighted by Crippen LogP contribution is 2.34. The first-order valence-electron chi connectivity index (χ1n) is 6.05. The SMILES string of the molecule is COc1cccc(-c2cc(C(F)(F)Cl)n3nccc3n2)c1. The Labute approximate surface area is 123 Å². The smallest absolute Gasteiger partial charge is 0.364 e. The molecular formula is C14H10ClF2N3O. The zero-order valence-corrected chi connectivity index (χ0v) is 11.7. The van der Waals surface area contributed by atoms with Crippen molar-refractivity contribution in [2.45, 2.75) is 5.38 Å². The summed E-state index contributed by atoms with van der Waals surface area (Å²) in [6.45, 7) is 0. The van der Waals surface area contributed by atoms with Crippen molar-refractivity contribution in [1.29, 1.82) is 0 Å². The van der Waals surface area contributed by atoms with Gasteiger partial charge in [0, 0.05) is 11.6 Å². The zero-order valence-electron chi connectivity index (χ0n) is 10.9. The van der Waals surface area contributed by atoms with Gasteiger partial charge < -0.3 is 4.74 Å². The van der Waals surface area contributed by atoms with Crippen LogP contribution in [0.3, 0.4) is 0 Å². The largest absolute Gasteiger partial charge is 0.497 e. The van der Waals surface area contributed by atoms with Crippen molar-refractivity contribution in [3.8, 4) is 17.0 Å². The molecule has 4 nitrogen and oxygen atoms in total. The molecule has 2 heterocycles. The van der Waals surface area contributed by atoms with E-state index in [0.29, 0.717) is 22.7 Å². The molecule has 0 spiro atoms. The van der Waals surface area contributed by atoms with Gasteiger partial charge in [-0.15, -0.1) is 0 Å². The van der Waals surface area contributed by atoms with Crippen molar-refractivity contribution < 1.29 is 13.5 Å². The molecule has 0 aliphatic heterocycles. The number of hydrogen-bond donors (Lipinski definition) is 0. The highest BCUT2D eigenvalue weighted by Gasteiger charge is 2.32. The molecule has 2 aromatic heterocycles. The second-order valence-corrected chi connectivity index (χ2v) is 4.83. The summed E-state index contributed by atoms with van der Waals surface area (Å²) in [6.07, 6.45) is 1.39. The molecule has 0 saturated carbocycles. The van der Waals surface area contributed by atoms with Gasteiger partial charge in [0.25, 0.3) is 0 Å². The Morgan fingerprint density at radius 3 is 2.76 bits per heavy atom. The maximum atomic E-state index is 13.6. The fraction of sp³-hybridized carbons (Fsp3) is 0.143. The lowest BCUT2D eigenvalue weighted by atomic mass is 10.1. The molecule has 3 aromatic rings. The first-order valence-corrected chi connectivity index (χ1v) is 6.43. The van der Waals surface area contributed by atoms with Crippen LogP contribution in [0.2, 0.25) is 0 Å². The fourth-order valence-electron chi connectivity index (χ4n) is 2.05. The number of methoxy groups -OCH3 is 1. The van der Waals surface area contributed by atoms with Crippen LogP contribution in [0.15, 0.2) is 42.6 Å². The second kappa shape index (κ2) is 4.96. The third kappa shape index (κ3) is 2.54. The molecular weight excluding hydrogens is 300 g/mol. The Morgan fingerprint density at radius 1 is 1.24 bits per heavy atom. The van der Waals surface area contributed by atoms with Crippen molar-refractivity contribution in [2.24, 2.45) is 0 Å². The lowest BCUT2D eigenvalue weighted by Crippen LogP contribution is -2.12. The molecule has 0 N–H and O–H groups in total. The Balaban J connectivity index is 2.23. The van der Waals surface area contributed by atoms with Crippen molar-refractivity contribution >= 4 is 17.2 Å². The van der Waals surface area contributed by atoms with Gasteiger partial charge in [-0.05, 0) is 29.8 Å². The van der Waals surface area contributed by atoms with Crippen molar-refractivity contribution in [3.63, 3.8) is 0 Å². The van der Waals surface area contributed by atoms with E-state index < -0.39 is 11.1 Å². The summed E-state index contributed by atoms with van der Waals surface area (Å²) < 4.78 is 33.3. The second-order valence-electron chi connectivity index (χ2n) is 4.36. The molecule has 0 radical (unpaired) electrons. The molecule has 3 rings (SSSR count). The third-order valence-corrected chi connectivity index (χ3v) is 3.21. The number of fused-ring (bicyclic) bond motifs is 1. The van der Waals surface area contributed by atoms with Gasteiger partial charge in [-0.1, -0.05) is 12.1 Å². The van der Waals surface area contributed by atoms with E-state index in [1.807, 2.05) is 0 Å². The predicted octanol–water partition coefficient (Wildman–Crippen LogP) is 3.69. The van der Waals surface area contributed by atoms with Crippen LogP contribution >= 0.6 is 11.6 Å². The van der Waals surface area contributed by atoms with Crippen molar-refractivity contribution in [1.82, 2.24) is 14.6 Å². The normalized spacial score (nSPS) is 11.8. The zero-order chi connectivity index (χ0) is 15.0. The number of nitrogens with zero attached hydrogens (tertiary/aromatic N) is 3. The maximum Gasteiger partial charge on any atom is 0.364 e. The highest BCUT2D eigenvalue weighted by molar-refractivity contribution is 6.21. The summed E-state index contributed by atoms with van der Waals surface area (Å²) >= 11 is 5.17. The van der Waals surface area contributed by atoms with Crippen LogP contribution in [0.25, 0.3) is 16.9 Å². The van der Waals surface area contributed by atoms with Gasteiger partial charge in [-0.25, -0.2) is 9.50 Å². The monoisotopic (exact) mass is 309 g/mol. The number of halogens is 3. The summed E-state index contributed by atoms with van der Waals surface area (Å²) in [6, 6.07) is 9.75. The lowest BCUT2D eigenvalue weighted by Gasteiger charge is -2.12. The van der Waals surface area contributed by atoms with Crippen LogP contribution in [0.1, 0.15) is 5.69 Å². The van der Waals surface area contributed by atoms with Gasteiger partial charge >= 0.3 is 5.38 Å². The number of ether oxygens (including phenoxy) is 1. The molecule has 1 aromatic carbocycles. The van der Waals surface area contributed by atoms with E-state index in [4.69, 9.17) is 16.3 Å². The molecule has 21 heavy (non-hydrogen) atoms. The molecule has 0 atom stereocenters.